The van der Waals surface area contributed by atoms with E-state index in [0.717, 1.165) is 24.9 Å². The number of aryl methyl sites for hydroxylation is 1. The van der Waals surface area contributed by atoms with Crippen molar-refractivity contribution >= 4 is 5.91 Å². The van der Waals surface area contributed by atoms with E-state index in [0.29, 0.717) is 5.75 Å². The molecule has 1 N–H and O–H groups in total. The van der Waals surface area contributed by atoms with Crippen LogP contribution in [0.1, 0.15) is 30.0 Å². The quantitative estimate of drug-likeness (QED) is 0.764. The van der Waals surface area contributed by atoms with Gasteiger partial charge in [0.15, 0.2) is 6.61 Å². The highest BCUT2D eigenvalue weighted by molar-refractivity contribution is 5.78. The molecule has 0 spiro atoms. The zero-order valence-corrected chi connectivity index (χ0v) is 14.2. The van der Waals surface area contributed by atoms with Gasteiger partial charge in [-0.15, -0.1) is 5.10 Å². The van der Waals surface area contributed by atoms with E-state index in [-0.39, 0.29) is 18.6 Å². The second-order valence-corrected chi connectivity index (χ2v) is 6.25. The predicted molar refractivity (Wildman–Crippen MR) is 94.9 cm³/mol. The molecule has 26 heavy (non-hydrogen) atoms. The first-order chi connectivity index (χ1) is 12.8. The van der Waals surface area contributed by atoms with Gasteiger partial charge in [-0.05, 0) is 65.1 Å². The van der Waals surface area contributed by atoms with Gasteiger partial charge in [0.25, 0.3) is 5.91 Å². The Labute approximate surface area is 151 Å². The van der Waals surface area contributed by atoms with Crippen molar-refractivity contribution in [2.24, 2.45) is 0 Å². The minimum Gasteiger partial charge on any atom is -0.484 e. The van der Waals surface area contributed by atoms with Crippen LogP contribution in [0.3, 0.4) is 0 Å². The number of hydrogen-bond acceptors (Lipinski definition) is 5. The standard InChI is InChI=1S/C19H19N5O2/c25-19(21-18-7-3-5-14-4-1-2-6-17(14)18)12-26-16-10-8-15(9-11-16)24-13-20-22-23-24/h1-2,4,6,8-11,13,18H,3,5,7,12H2,(H,21,25). The van der Waals surface area contributed by atoms with Crippen molar-refractivity contribution in [2.45, 2.75) is 25.3 Å². The van der Waals surface area contributed by atoms with Crippen LogP contribution in [0, 0.1) is 0 Å². The number of nitrogens with zero attached hydrogens (tertiary/aromatic N) is 4. The summed E-state index contributed by atoms with van der Waals surface area (Å²) in [6.07, 6.45) is 4.64. The first kappa shape index (κ1) is 16.3. The lowest BCUT2D eigenvalue weighted by atomic mass is 9.88. The first-order valence-corrected chi connectivity index (χ1v) is 8.63. The first-order valence-electron chi connectivity index (χ1n) is 8.63. The number of amides is 1. The number of benzene rings is 2. The van der Waals surface area contributed by atoms with Crippen molar-refractivity contribution in [3.8, 4) is 11.4 Å². The minimum atomic E-state index is -0.115. The van der Waals surface area contributed by atoms with Crippen molar-refractivity contribution in [1.29, 1.82) is 0 Å². The SMILES string of the molecule is O=C(COc1ccc(-n2cnnn2)cc1)NC1CCCc2ccccc21. The van der Waals surface area contributed by atoms with Crippen LogP contribution in [0.15, 0.2) is 54.9 Å². The van der Waals surface area contributed by atoms with Crippen molar-refractivity contribution in [3.63, 3.8) is 0 Å². The van der Waals surface area contributed by atoms with Crippen LogP contribution in [0.25, 0.3) is 5.69 Å². The van der Waals surface area contributed by atoms with Gasteiger partial charge in [0, 0.05) is 0 Å². The lowest BCUT2D eigenvalue weighted by molar-refractivity contribution is -0.123. The Morgan fingerprint density at radius 3 is 2.85 bits per heavy atom. The summed E-state index contributed by atoms with van der Waals surface area (Å²) >= 11 is 0. The largest absolute Gasteiger partial charge is 0.484 e. The second-order valence-electron chi connectivity index (χ2n) is 6.25. The molecule has 1 heterocycles. The number of carbonyl (C=O) groups is 1. The smallest absolute Gasteiger partial charge is 0.258 e. The molecule has 1 aromatic heterocycles. The van der Waals surface area contributed by atoms with E-state index in [4.69, 9.17) is 4.74 Å². The summed E-state index contributed by atoms with van der Waals surface area (Å²) in [5.74, 6) is 0.511. The van der Waals surface area contributed by atoms with Crippen molar-refractivity contribution in [3.05, 3.63) is 66.0 Å². The number of carbonyl (C=O) groups excluding carboxylic acids is 1. The van der Waals surface area contributed by atoms with Gasteiger partial charge in [0.05, 0.1) is 11.7 Å². The molecule has 7 heteroatoms. The Hall–Kier alpha value is -3.22. The van der Waals surface area contributed by atoms with Gasteiger partial charge in [-0.25, -0.2) is 4.68 Å². The molecule has 0 aliphatic heterocycles. The third kappa shape index (κ3) is 3.56. The fraction of sp³-hybridized carbons (Fsp3) is 0.263. The van der Waals surface area contributed by atoms with Crippen molar-refractivity contribution in [2.75, 3.05) is 6.61 Å². The number of tetrazole rings is 1. The topological polar surface area (TPSA) is 81.9 Å². The van der Waals surface area contributed by atoms with Gasteiger partial charge >= 0.3 is 0 Å². The zero-order valence-electron chi connectivity index (χ0n) is 14.2. The van der Waals surface area contributed by atoms with Gasteiger partial charge in [0.2, 0.25) is 0 Å². The molecule has 1 aliphatic carbocycles. The Balaban J connectivity index is 1.33. The van der Waals surface area contributed by atoms with E-state index in [1.54, 1.807) is 16.8 Å². The highest BCUT2D eigenvalue weighted by atomic mass is 16.5. The molecule has 0 bridgehead atoms. The zero-order chi connectivity index (χ0) is 17.8. The molecule has 0 saturated carbocycles. The predicted octanol–water partition coefficient (Wildman–Crippen LogP) is 2.23. The molecule has 3 aromatic rings. The Morgan fingerprint density at radius 1 is 1.19 bits per heavy atom. The van der Waals surface area contributed by atoms with Gasteiger partial charge in [-0.3, -0.25) is 4.79 Å². The Bertz CT molecular complexity index is 877. The van der Waals surface area contributed by atoms with Gasteiger partial charge < -0.3 is 10.1 Å². The molecule has 1 unspecified atom stereocenters. The molecular formula is C19H19N5O2. The molecule has 7 nitrogen and oxygen atoms in total. The fourth-order valence-corrected chi connectivity index (χ4v) is 3.26. The van der Waals surface area contributed by atoms with Gasteiger partial charge in [-0.1, -0.05) is 24.3 Å². The molecule has 132 valence electrons. The van der Waals surface area contributed by atoms with Gasteiger partial charge in [0.1, 0.15) is 12.1 Å². The van der Waals surface area contributed by atoms with Crippen LogP contribution in [-0.4, -0.2) is 32.7 Å². The van der Waals surface area contributed by atoms with Gasteiger partial charge in [-0.2, -0.15) is 0 Å². The minimum absolute atomic E-state index is 0.0110. The molecule has 1 aliphatic rings. The maximum atomic E-state index is 12.3. The average molecular weight is 349 g/mol. The molecule has 0 saturated heterocycles. The summed E-state index contributed by atoms with van der Waals surface area (Å²) in [6.45, 7) is -0.0110. The number of fused-ring (bicyclic) bond motifs is 1. The molecular weight excluding hydrogens is 330 g/mol. The highest BCUT2D eigenvalue weighted by Crippen LogP contribution is 2.29. The van der Waals surface area contributed by atoms with Crippen LogP contribution in [0.2, 0.25) is 0 Å². The summed E-state index contributed by atoms with van der Waals surface area (Å²) in [5.41, 5.74) is 3.37. The van der Waals surface area contributed by atoms with E-state index in [1.807, 2.05) is 24.3 Å². The molecule has 2 aromatic carbocycles. The summed E-state index contributed by atoms with van der Waals surface area (Å²) in [5, 5.41) is 14.1. The Morgan fingerprint density at radius 2 is 2.04 bits per heavy atom. The molecule has 1 atom stereocenters. The lowest BCUT2D eigenvalue weighted by Crippen LogP contribution is -2.34. The van der Waals surface area contributed by atoms with Crippen LogP contribution in [0.4, 0.5) is 0 Å². The second kappa shape index (κ2) is 7.35. The van der Waals surface area contributed by atoms with E-state index in [1.165, 1.54) is 17.5 Å². The maximum Gasteiger partial charge on any atom is 0.258 e. The monoisotopic (exact) mass is 349 g/mol. The third-order valence-electron chi connectivity index (χ3n) is 4.52. The Kier molecular flexibility index (Phi) is 4.59. The lowest BCUT2D eigenvalue weighted by Gasteiger charge is -2.26. The summed E-state index contributed by atoms with van der Waals surface area (Å²) < 4.78 is 7.15. The number of aromatic nitrogens is 4. The molecule has 0 fully saturated rings. The average Bonchev–Trinajstić information content (AvgIpc) is 3.22. The van der Waals surface area contributed by atoms with Crippen LogP contribution in [-0.2, 0) is 11.2 Å². The summed E-state index contributed by atoms with van der Waals surface area (Å²) in [6, 6.07) is 15.6. The number of rotatable bonds is 5. The van der Waals surface area contributed by atoms with Crippen LogP contribution in [0.5, 0.6) is 5.75 Å². The maximum absolute atomic E-state index is 12.3. The van der Waals surface area contributed by atoms with Crippen LogP contribution < -0.4 is 10.1 Å². The number of hydrogen-bond donors (Lipinski definition) is 1. The van der Waals surface area contributed by atoms with E-state index in [2.05, 4.69) is 33.0 Å². The number of ether oxygens (including phenoxy) is 1. The third-order valence-corrected chi connectivity index (χ3v) is 4.52. The number of nitrogens with one attached hydrogen (secondary N) is 1. The summed E-state index contributed by atoms with van der Waals surface area (Å²) in [7, 11) is 0. The molecule has 1 amide bonds. The molecule has 0 radical (unpaired) electrons. The summed E-state index contributed by atoms with van der Waals surface area (Å²) in [4.78, 5) is 12.3. The molecule has 4 rings (SSSR count). The van der Waals surface area contributed by atoms with E-state index >= 15 is 0 Å². The van der Waals surface area contributed by atoms with Crippen molar-refractivity contribution < 1.29 is 9.53 Å². The highest BCUT2D eigenvalue weighted by Gasteiger charge is 2.21. The van der Waals surface area contributed by atoms with Crippen molar-refractivity contribution in [1.82, 2.24) is 25.5 Å². The fourth-order valence-electron chi connectivity index (χ4n) is 3.26. The van der Waals surface area contributed by atoms with E-state index in [9.17, 15) is 4.79 Å². The normalized spacial score (nSPS) is 15.9. The van der Waals surface area contributed by atoms with E-state index < -0.39 is 0 Å². The van der Waals surface area contributed by atoms with Crippen LogP contribution >= 0.6 is 0 Å².